The highest BCUT2D eigenvalue weighted by Crippen LogP contribution is 2.19. The number of hydrogen-bond donors (Lipinski definition) is 7. The number of aliphatic carboxylic acids is 1. The van der Waals surface area contributed by atoms with Crippen LogP contribution in [0.1, 0.15) is 46.1 Å². The Hall–Kier alpha value is -3.05. The van der Waals surface area contributed by atoms with Gasteiger partial charge in [-0.25, -0.2) is 4.79 Å². The Bertz CT molecular complexity index is 1090. The number of carbonyl (C=O) groups is 4. The number of carboxylic acid groups (broad SMARTS) is 1. The lowest BCUT2D eigenvalue weighted by Crippen LogP contribution is -2.58. The molecule has 2 aromatic rings. The molecular weight excluding hydrogens is 494 g/mol. The maximum Gasteiger partial charge on any atom is 0.326 e. The molecule has 5 atom stereocenters. The first-order valence-electron chi connectivity index (χ1n) is 12.5. The summed E-state index contributed by atoms with van der Waals surface area (Å²) in [7, 11) is 0. The Morgan fingerprint density at radius 3 is 2.16 bits per heavy atom. The van der Waals surface area contributed by atoms with Gasteiger partial charge in [0.2, 0.25) is 17.7 Å². The number of carboxylic acids is 1. The minimum atomic E-state index is -1.16. The number of rotatable bonds is 14. The summed E-state index contributed by atoms with van der Waals surface area (Å²) in [4.78, 5) is 53.8. The summed E-state index contributed by atoms with van der Waals surface area (Å²) >= 11 is 4.19. The molecule has 0 spiro atoms. The molecule has 7 N–H and O–H groups in total. The van der Waals surface area contributed by atoms with E-state index in [4.69, 9.17) is 5.73 Å². The number of aromatic amines is 1. The first kappa shape index (κ1) is 30.2. The van der Waals surface area contributed by atoms with Crippen molar-refractivity contribution in [2.24, 2.45) is 17.6 Å². The van der Waals surface area contributed by atoms with E-state index < -0.39 is 47.9 Å². The van der Waals surface area contributed by atoms with Crippen LogP contribution in [-0.2, 0) is 25.6 Å². The van der Waals surface area contributed by atoms with Gasteiger partial charge in [0, 0.05) is 29.3 Å². The Morgan fingerprint density at radius 2 is 1.57 bits per heavy atom. The van der Waals surface area contributed by atoms with E-state index in [9.17, 15) is 24.3 Å². The van der Waals surface area contributed by atoms with Crippen molar-refractivity contribution < 1.29 is 24.3 Å². The van der Waals surface area contributed by atoms with Crippen LogP contribution in [0.2, 0.25) is 0 Å². The molecule has 0 saturated carbocycles. The van der Waals surface area contributed by atoms with E-state index in [0.717, 1.165) is 16.5 Å². The van der Waals surface area contributed by atoms with Gasteiger partial charge in [-0.15, -0.1) is 0 Å². The molecule has 0 fully saturated rings. The van der Waals surface area contributed by atoms with E-state index in [1.165, 1.54) is 0 Å². The molecule has 5 unspecified atom stereocenters. The highest BCUT2D eigenvalue weighted by molar-refractivity contribution is 7.80. The minimum Gasteiger partial charge on any atom is -0.480 e. The zero-order chi connectivity index (χ0) is 27.7. The predicted molar refractivity (Wildman–Crippen MR) is 146 cm³/mol. The van der Waals surface area contributed by atoms with Crippen molar-refractivity contribution in [3.63, 3.8) is 0 Å². The molecule has 1 aromatic carbocycles. The number of fused-ring (bicyclic) bond motifs is 1. The smallest absolute Gasteiger partial charge is 0.326 e. The molecule has 0 aliphatic heterocycles. The molecule has 0 aliphatic rings. The second-order valence-corrected chi connectivity index (χ2v) is 10.2. The summed E-state index contributed by atoms with van der Waals surface area (Å²) in [5, 5.41) is 18.2. The highest BCUT2D eigenvalue weighted by atomic mass is 32.1. The van der Waals surface area contributed by atoms with Gasteiger partial charge in [-0.3, -0.25) is 14.4 Å². The number of para-hydroxylation sites is 1. The van der Waals surface area contributed by atoms with Crippen LogP contribution in [-0.4, -0.2) is 63.7 Å². The summed E-state index contributed by atoms with van der Waals surface area (Å²) in [5.74, 6) is -3.01. The molecule has 10 nitrogen and oxygen atoms in total. The third kappa shape index (κ3) is 8.50. The lowest BCUT2D eigenvalue weighted by atomic mass is 9.98. The maximum absolute atomic E-state index is 13.4. The summed E-state index contributed by atoms with van der Waals surface area (Å²) in [6.07, 6.45) is 2.86. The van der Waals surface area contributed by atoms with Crippen molar-refractivity contribution in [3.8, 4) is 0 Å². The van der Waals surface area contributed by atoms with Crippen molar-refractivity contribution in [3.05, 3.63) is 36.0 Å². The second-order valence-electron chi connectivity index (χ2n) is 9.81. The van der Waals surface area contributed by atoms with Gasteiger partial charge >= 0.3 is 5.97 Å². The lowest BCUT2D eigenvalue weighted by Gasteiger charge is -2.26. The molecular formula is C26H39N5O5S. The number of benzene rings is 1. The van der Waals surface area contributed by atoms with Crippen LogP contribution in [0.15, 0.2) is 30.5 Å². The van der Waals surface area contributed by atoms with E-state index in [1.807, 2.05) is 52.0 Å². The Morgan fingerprint density at radius 1 is 0.973 bits per heavy atom. The molecule has 11 heteroatoms. The van der Waals surface area contributed by atoms with E-state index >= 15 is 0 Å². The third-order valence-electron chi connectivity index (χ3n) is 6.43. The summed E-state index contributed by atoms with van der Waals surface area (Å²) in [6, 6.07) is 3.55. The zero-order valence-electron chi connectivity index (χ0n) is 21.8. The normalized spacial score (nSPS) is 15.4. The molecule has 0 bridgehead atoms. The van der Waals surface area contributed by atoms with E-state index in [0.29, 0.717) is 6.42 Å². The van der Waals surface area contributed by atoms with Crippen molar-refractivity contribution in [1.29, 1.82) is 0 Å². The fourth-order valence-electron chi connectivity index (χ4n) is 3.94. The average Bonchev–Trinajstić information content (AvgIpc) is 3.27. The van der Waals surface area contributed by atoms with Gasteiger partial charge in [0.25, 0.3) is 0 Å². The number of carbonyl (C=O) groups excluding carboxylic acids is 3. The molecule has 37 heavy (non-hydrogen) atoms. The molecule has 0 aliphatic carbocycles. The molecule has 1 aromatic heterocycles. The lowest BCUT2D eigenvalue weighted by molar-refractivity contribution is -0.142. The second kappa shape index (κ2) is 14.0. The molecule has 0 saturated heterocycles. The number of nitrogens with two attached hydrogens (primary N) is 1. The van der Waals surface area contributed by atoms with Crippen molar-refractivity contribution >= 4 is 47.2 Å². The minimum absolute atomic E-state index is 0.0379. The third-order valence-corrected chi connectivity index (χ3v) is 6.79. The van der Waals surface area contributed by atoms with Gasteiger partial charge < -0.3 is 31.8 Å². The number of thiol groups is 1. The quantitative estimate of drug-likeness (QED) is 0.182. The Kier molecular flexibility index (Phi) is 11.4. The van der Waals surface area contributed by atoms with Crippen LogP contribution >= 0.6 is 12.6 Å². The molecule has 204 valence electrons. The van der Waals surface area contributed by atoms with Gasteiger partial charge in [-0.1, -0.05) is 52.3 Å². The number of hydrogen-bond acceptors (Lipinski definition) is 6. The van der Waals surface area contributed by atoms with Crippen LogP contribution in [0.5, 0.6) is 0 Å². The number of aromatic nitrogens is 1. The molecule has 0 radical (unpaired) electrons. The first-order valence-corrected chi connectivity index (χ1v) is 13.2. The van der Waals surface area contributed by atoms with Crippen LogP contribution in [0.3, 0.4) is 0 Å². The van der Waals surface area contributed by atoms with Crippen LogP contribution < -0.4 is 21.7 Å². The van der Waals surface area contributed by atoms with Gasteiger partial charge in [0.1, 0.15) is 18.1 Å². The zero-order valence-corrected chi connectivity index (χ0v) is 22.7. The van der Waals surface area contributed by atoms with Crippen molar-refractivity contribution in [2.45, 2.75) is 71.1 Å². The largest absolute Gasteiger partial charge is 0.480 e. The summed E-state index contributed by atoms with van der Waals surface area (Å²) in [5.41, 5.74) is 7.79. The number of amides is 3. The molecule has 1 heterocycles. The van der Waals surface area contributed by atoms with Crippen molar-refractivity contribution in [2.75, 3.05) is 5.75 Å². The van der Waals surface area contributed by atoms with Gasteiger partial charge in [0.15, 0.2) is 0 Å². The van der Waals surface area contributed by atoms with Gasteiger partial charge in [0.05, 0.1) is 6.04 Å². The van der Waals surface area contributed by atoms with Crippen LogP contribution in [0, 0.1) is 11.8 Å². The topological polar surface area (TPSA) is 166 Å². The summed E-state index contributed by atoms with van der Waals surface area (Å²) < 4.78 is 0. The first-order chi connectivity index (χ1) is 17.5. The predicted octanol–water partition coefficient (Wildman–Crippen LogP) is 1.60. The monoisotopic (exact) mass is 533 g/mol. The van der Waals surface area contributed by atoms with Crippen LogP contribution in [0.25, 0.3) is 10.9 Å². The van der Waals surface area contributed by atoms with E-state index in [1.54, 1.807) is 6.20 Å². The van der Waals surface area contributed by atoms with Crippen molar-refractivity contribution in [1.82, 2.24) is 20.9 Å². The van der Waals surface area contributed by atoms with Gasteiger partial charge in [-0.05, 0) is 29.9 Å². The number of H-pyrrole nitrogens is 1. The number of nitrogens with one attached hydrogen (secondary N) is 4. The standard InChI is InChI=1S/C26H39N5O5S/c1-5-15(4)22(27)25(34)29-19(11-16-12-28-18-9-7-6-8-17(16)18)23(32)31-21(13-37)24(33)30-20(26(35)36)10-14(2)3/h6-9,12,14-15,19-22,28,37H,5,10-11,13,27H2,1-4H3,(H,29,34)(H,30,33)(H,31,32)(H,35,36). The SMILES string of the molecule is CCC(C)C(N)C(=O)NC(Cc1c[nH]c2ccccc12)C(=O)NC(CS)C(=O)NC(CC(C)C)C(=O)O. The van der Waals surface area contributed by atoms with Gasteiger partial charge in [-0.2, -0.15) is 12.6 Å². The molecule has 2 rings (SSSR count). The fraction of sp³-hybridized carbons (Fsp3) is 0.538. The van der Waals surface area contributed by atoms with Crippen LogP contribution in [0.4, 0.5) is 0 Å². The fourth-order valence-corrected chi connectivity index (χ4v) is 4.20. The Balaban J connectivity index is 2.24. The van der Waals surface area contributed by atoms with E-state index in [-0.39, 0.29) is 30.4 Å². The highest BCUT2D eigenvalue weighted by Gasteiger charge is 2.31. The van der Waals surface area contributed by atoms with E-state index in [2.05, 4.69) is 33.6 Å². The molecule has 3 amide bonds. The maximum atomic E-state index is 13.4. The average molecular weight is 534 g/mol. The Labute approximate surface area is 222 Å². The summed E-state index contributed by atoms with van der Waals surface area (Å²) in [6.45, 7) is 7.48.